The fourth-order valence-corrected chi connectivity index (χ4v) is 8.20. The lowest BCUT2D eigenvalue weighted by Gasteiger charge is -2.54. The quantitative estimate of drug-likeness (QED) is 0.148. The molecule has 0 amide bonds. The smallest absolute Gasteiger partial charge is 0.449 e. The zero-order chi connectivity index (χ0) is 28.4. The Hall–Kier alpha value is -4.01. The summed E-state index contributed by atoms with van der Waals surface area (Å²) in [7, 11) is 0. The molecule has 0 saturated heterocycles. The molecule has 9 nitrogen and oxygen atoms in total. The topological polar surface area (TPSA) is 137 Å². The van der Waals surface area contributed by atoms with Crippen LogP contribution in [0.25, 0.3) is 5.57 Å². The number of nitro benzene ring substituents is 1. The van der Waals surface area contributed by atoms with Crippen LogP contribution >= 0.6 is 0 Å². The summed E-state index contributed by atoms with van der Waals surface area (Å²) < 4.78 is 10.1. The highest BCUT2D eigenvalue weighted by atomic mass is 16.7. The molecule has 208 valence electrons. The van der Waals surface area contributed by atoms with Crippen molar-refractivity contribution in [1.82, 2.24) is 0 Å². The minimum Gasteiger partial charge on any atom is -0.449 e. The normalized spacial score (nSPS) is 31.1. The van der Waals surface area contributed by atoms with Crippen LogP contribution in [0.15, 0.2) is 63.0 Å². The molecule has 1 N–H and O–H groups in total. The van der Waals surface area contributed by atoms with Crippen LogP contribution in [0.5, 0.6) is 5.75 Å². The molecule has 0 unspecified atom stereocenters. The van der Waals surface area contributed by atoms with Gasteiger partial charge in [-0.2, -0.15) is 0 Å². The maximum Gasteiger partial charge on any atom is 0.511 e. The molecule has 1 aromatic carbocycles. The van der Waals surface area contributed by atoms with Crippen molar-refractivity contribution in [3.8, 4) is 5.75 Å². The molecular weight excluding hydrogens is 514 g/mol. The van der Waals surface area contributed by atoms with Crippen molar-refractivity contribution in [2.45, 2.75) is 64.7 Å². The summed E-state index contributed by atoms with van der Waals surface area (Å²) in [6.07, 6.45) is 7.36. The lowest BCUT2D eigenvalue weighted by atomic mass is 9.49. The van der Waals surface area contributed by atoms with Gasteiger partial charge in [0, 0.05) is 35.7 Å². The Morgan fingerprint density at radius 3 is 2.67 bits per heavy atom. The second-order valence-electron chi connectivity index (χ2n) is 12.0. The van der Waals surface area contributed by atoms with Gasteiger partial charge in [-0.05, 0) is 86.3 Å². The van der Waals surface area contributed by atoms with E-state index in [-0.39, 0.29) is 40.4 Å². The number of carbonyl (C=O) groups is 2. The molecule has 4 aliphatic carbocycles. The van der Waals surface area contributed by atoms with Gasteiger partial charge in [-0.1, -0.05) is 24.1 Å². The molecule has 9 heteroatoms. The number of hydrogen-bond acceptors (Lipinski definition) is 7. The highest BCUT2D eigenvalue weighted by Gasteiger charge is 2.57. The second kappa shape index (κ2) is 9.28. The Bertz CT molecular complexity index is 1550. The molecule has 0 aliphatic heterocycles. The highest BCUT2D eigenvalue weighted by Crippen LogP contribution is 2.65. The average Bonchev–Trinajstić information content (AvgIpc) is 3.28. The summed E-state index contributed by atoms with van der Waals surface area (Å²) in [5.41, 5.74) is 3.57. The summed E-state index contributed by atoms with van der Waals surface area (Å²) in [6, 6.07) is 7.22. The van der Waals surface area contributed by atoms with E-state index in [0.717, 1.165) is 43.2 Å². The Kier molecular flexibility index (Phi) is 6.09. The van der Waals surface area contributed by atoms with Crippen molar-refractivity contribution in [1.29, 1.82) is 0 Å². The van der Waals surface area contributed by atoms with Crippen molar-refractivity contribution in [3.63, 3.8) is 0 Å². The average molecular weight is 546 g/mol. The molecule has 0 radical (unpaired) electrons. The van der Waals surface area contributed by atoms with E-state index in [2.05, 4.69) is 13.0 Å². The lowest BCUT2D eigenvalue weighted by Crippen LogP contribution is -2.47. The maximum absolute atomic E-state index is 14.0. The number of nitro groups is 1. The van der Waals surface area contributed by atoms with Gasteiger partial charge in [0.2, 0.25) is 0 Å². The lowest BCUT2D eigenvalue weighted by molar-refractivity contribution is -0.385. The fourth-order valence-electron chi connectivity index (χ4n) is 8.20. The van der Waals surface area contributed by atoms with Gasteiger partial charge in [-0.25, -0.2) is 9.59 Å². The fraction of sp³-hybridized carbons (Fsp3) is 0.452. The summed E-state index contributed by atoms with van der Waals surface area (Å²) in [6.45, 7) is 4.29. The molecule has 1 fully saturated rings. The summed E-state index contributed by atoms with van der Waals surface area (Å²) in [5.74, 6) is 0.592. The number of carboxylic acid groups (broad SMARTS) is 1. The molecule has 5 atom stereocenters. The van der Waals surface area contributed by atoms with Gasteiger partial charge >= 0.3 is 11.8 Å². The predicted octanol–water partition coefficient (Wildman–Crippen LogP) is 6.67. The van der Waals surface area contributed by atoms with E-state index in [1.807, 2.05) is 6.92 Å². The Balaban J connectivity index is 1.31. The maximum atomic E-state index is 14.0. The van der Waals surface area contributed by atoms with Crippen LogP contribution in [0.4, 0.5) is 10.5 Å². The van der Waals surface area contributed by atoms with E-state index in [1.54, 1.807) is 6.07 Å². The van der Waals surface area contributed by atoms with E-state index < -0.39 is 22.1 Å². The van der Waals surface area contributed by atoms with Gasteiger partial charge in [-0.3, -0.25) is 14.9 Å². The third-order valence-electron chi connectivity index (χ3n) is 10.3. The molecule has 1 aromatic heterocycles. The first-order valence-corrected chi connectivity index (χ1v) is 13.8. The summed E-state index contributed by atoms with van der Waals surface area (Å²) in [5, 5.41) is 20.7. The minimum absolute atomic E-state index is 0.0773. The van der Waals surface area contributed by atoms with Crippen LogP contribution in [-0.2, 0) is 4.79 Å². The van der Waals surface area contributed by atoms with Crippen molar-refractivity contribution in [2.75, 3.05) is 0 Å². The number of non-ortho nitro benzene ring substituents is 1. The number of Topliss-reactive ketones (excluding diaryl/α,β-unsaturated/α-hetero) is 1. The van der Waals surface area contributed by atoms with Crippen LogP contribution < -0.4 is 10.4 Å². The molecule has 0 spiro atoms. The van der Waals surface area contributed by atoms with Crippen LogP contribution in [0.3, 0.4) is 0 Å². The first-order valence-electron chi connectivity index (χ1n) is 13.8. The SMILES string of the molecule is C[C@@]12C(=O)CC3=C(CC[C@@H]4C[C@@H](c5cc([N+](=O)[O-])ccc5OC(=O)O)CC[C@]34C)[C@@H]1CC=C2c1ccc(=O)oc1. The number of nitrogens with zero attached hydrogens (tertiary/aromatic N) is 1. The zero-order valence-corrected chi connectivity index (χ0v) is 22.5. The number of ether oxygens (including phenoxy) is 1. The van der Waals surface area contributed by atoms with Crippen LogP contribution in [0.2, 0.25) is 0 Å². The van der Waals surface area contributed by atoms with Gasteiger partial charge in [0.15, 0.2) is 0 Å². The first kappa shape index (κ1) is 26.2. The molecule has 40 heavy (non-hydrogen) atoms. The van der Waals surface area contributed by atoms with Crippen molar-refractivity contribution < 1.29 is 28.8 Å². The van der Waals surface area contributed by atoms with E-state index >= 15 is 0 Å². The Morgan fingerprint density at radius 1 is 1.18 bits per heavy atom. The van der Waals surface area contributed by atoms with Crippen LogP contribution in [0, 0.1) is 32.8 Å². The molecular formula is C31H31NO8. The van der Waals surface area contributed by atoms with Crippen molar-refractivity contribution >= 4 is 23.2 Å². The molecule has 4 aliphatic rings. The number of benzene rings is 1. The van der Waals surface area contributed by atoms with E-state index in [9.17, 15) is 29.6 Å². The van der Waals surface area contributed by atoms with Gasteiger partial charge in [0.1, 0.15) is 17.8 Å². The molecule has 1 saturated carbocycles. The monoisotopic (exact) mass is 545 g/mol. The van der Waals surface area contributed by atoms with Gasteiger partial charge < -0.3 is 14.3 Å². The van der Waals surface area contributed by atoms with Gasteiger partial charge in [0.25, 0.3) is 5.69 Å². The van der Waals surface area contributed by atoms with E-state index in [4.69, 9.17) is 9.15 Å². The number of hydrogen-bond donors (Lipinski definition) is 1. The summed E-state index contributed by atoms with van der Waals surface area (Å²) >= 11 is 0. The van der Waals surface area contributed by atoms with Crippen molar-refractivity contribution in [3.05, 3.63) is 85.5 Å². The number of fused-ring (bicyclic) bond motifs is 4. The number of rotatable bonds is 4. The van der Waals surface area contributed by atoms with E-state index in [1.165, 1.54) is 41.7 Å². The summed E-state index contributed by atoms with van der Waals surface area (Å²) in [4.78, 5) is 47.8. The number of allylic oxidation sites excluding steroid dienone is 4. The molecule has 1 heterocycles. The second-order valence-corrected chi connectivity index (χ2v) is 12.0. The standard InChI is InChI=1S/C31H31NO8/c1-30-12-11-17(22-14-20(32(37)38)5-9-26(22)40-29(35)36)13-19(30)4-6-21-24-8-7-23(18-3-10-28(34)39-16-18)31(24,2)27(33)15-25(21)30/h3,5,7,9-10,14,16-17,19,24H,4,6,8,11-13,15H2,1-2H3,(H,35,36)/t17-,19+,24-,30-,31-/m0/s1. The van der Waals surface area contributed by atoms with E-state index in [0.29, 0.717) is 18.4 Å². The third kappa shape index (κ3) is 3.93. The largest absolute Gasteiger partial charge is 0.511 e. The van der Waals surface area contributed by atoms with Gasteiger partial charge in [-0.15, -0.1) is 0 Å². The Labute approximate surface area is 230 Å². The van der Waals surface area contributed by atoms with Crippen LogP contribution in [0.1, 0.15) is 75.8 Å². The third-order valence-corrected chi connectivity index (χ3v) is 10.3. The number of ketones is 1. The van der Waals surface area contributed by atoms with Gasteiger partial charge in [0.05, 0.1) is 10.3 Å². The zero-order valence-electron chi connectivity index (χ0n) is 22.5. The Morgan fingerprint density at radius 2 is 1.98 bits per heavy atom. The molecule has 2 aromatic rings. The van der Waals surface area contributed by atoms with Crippen LogP contribution in [-0.4, -0.2) is 22.0 Å². The predicted molar refractivity (Wildman–Crippen MR) is 145 cm³/mol. The highest BCUT2D eigenvalue weighted by molar-refractivity contribution is 6.01. The molecule has 6 rings (SSSR count). The first-order chi connectivity index (χ1) is 19.0. The molecule has 0 bridgehead atoms. The van der Waals surface area contributed by atoms with Crippen molar-refractivity contribution in [2.24, 2.45) is 22.7 Å². The number of carbonyl (C=O) groups excluding carboxylic acids is 1. The minimum atomic E-state index is -1.45.